The molecule has 0 unspecified atom stereocenters. The third-order valence-electron chi connectivity index (χ3n) is 2.62. The number of hydrogen-bond donors (Lipinski definition) is 2. The molecule has 0 aromatic heterocycles. The molecule has 96 valence electrons. The monoisotopic (exact) mass is 258 g/mol. The van der Waals surface area contributed by atoms with Crippen molar-refractivity contribution in [3.05, 3.63) is 23.0 Å². The molecule has 1 rings (SSSR count). The lowest BCUT2D eigenvalue weighted by Crippen LogP contribution is -2.05. The molecule has 0 atom stereocenters. The molecule has 0 aliphatic rings. The van der Waals surface area contributed by atoms with E-state index in [-0.39, 0.29) is 5.02 Å². The highest BCUT2D eigenvalue weighted by atomic mass is 35.5. The Hall–Kier alpha value is -0.960. The van der Waals surface area contributed by atoms with Crippen LogP contribution in [0.2, 0.25) is 5.02 Å². The number of anilines is 2. The summed E-state index contributed by atoms with van der Waals surface area (Å²) in [5, 5.41) is 3.19. The van der Waals surface area contributed by atoms with E-state index < -0.39 is 5.82 Å². The molecular formula is C13H20ClFN2. The van der Waals surface area contributed by atoms with Crippen LogP contribution in [0.4, 0.5) is 15.8 Å². The molecule has 4 heteroatoms. The molecule has 0 bridgehead atoms. The van der Waals surface area contributed by atoms with Gasteiger partial charge in [0.25, 0.3) is 0 Å². The number of rotatable bonds is 6. The molecule has 2 nitrogen and oxygen atoms in total. The van der Waals surface area contributed by atoms with Gasteiger partial charge in [0, 0.05) is 12.6 Å². The standard InChI is InChI=1S/C13H20ClFN2/c1-9(2)5-3-4-6-17-13-8-11(15)10(14)7-12(13)16/h7-9,17H,3-6,16H2,1-2H3. The van der Waals surface area contributed by atoms with E-state index in [1.807, 2.05) is 0 Å². The average Bonchev–Trinajstić information content (AvgIpc) is 2.24. The lowest BCUT2D eigenvalue weighted by molar-refractivity contribution is 0.545. The van der Waals surface area contributed by atoms with Crippen molar-refractivity contribution in [2.75, 3.05) is 17.6 Å². The van der Waals surface area contributed by atoms with Gasteiger partial charge in [-0.3, -0.25) is 0 Å². The van der Waals surface area contributed by atoms with Gasteiger partial charge in [-0.1, -0.05) is 38.3 Å². The number of benzene rings is 1. The van der Waals surface area contributed by atoms with Crippen LogP contribution >= 0.6 is 11.6 Å². The zero-order chi connectivity index (χ0) is 12.8. The molecule has 0 aliphatic carbocycles. The highest BCUT2D eigenvalue weighted by Gasteiger charge is 2.05. The summed E-state index contributed by atoms with van der Waals surface area (Å²) in [6.45, 7) is 5.22. The van der Waals surface area contributed by atoms with Gasteiger partial charge >= 0.3 is 0 Å². The highest BCUT2D eigenvalue weighted by molar-refractivity contribution is 6.31. The first kappa shape index (κ1) is 14.1. The predicted octanol–water partition coefficient (Wildman–Crippen LogP) is 4.30. The van der Waals surface area contributed by atoms with Crippen LogP contribution in [0, 0.1) is 11.7 Å². The summed E-state index contributed by atoms with van der Waals surface area (Å²) >= 11 is 5.62. The van der Waals surface area contributed by atoms with E-state index in [1.54, 1.807) is 0 Å². The minimum Gasteiger partial charge on any atom is -0.397 e. The molecule has 1 aromatic carbocycles. The number of unbranched alkanes of at least 4 members (excludes halogenated alkanes) is 1. The third kappa shape index (κ3) is 4.82. The van der Waals surface area contributed by atoms with Gasteiger partial charge in [-0.05, 0) is 18.4 Å². The molecular weight excluding hydrogens is 239 g/mol. The molecule has 0 saturated carbocycles. The Kier molecular flexibility index (Phi) is 5.56. The van der Waals surface area contributed by atoms with E-state index in [9.17, 15) is 4.39 Å². The van der Waals surface area contributed by atoms with Crippen molar-refractivity contribution in [3.63, 3.8) is 0 Å². The summed E-state index contributed by atoms with van der Waals surface area (Å²) in [5.41, 5.74) is 6.85. The zero-order valence-corrected chi connectivity index (χ0v) is 11.1. The van der Waals surface area contributed by atoms with Gasteiger partial charge in [0.2, 0.25) is 0 Å². The smallest absolute Gasteiger partial charge is 0.143 e. The van der Waals surface area contributed by atoms with Crippen molar-refractivity contribution in [2.45, 2.75) is 33.1 Å². The van der Waals surface area contributed by atoms with Crippen LogP contribution in [0.1, 0.15) is 33.1 Å². The van der Waals surface area contributed by atoms with Crippen LogP contribution < -0.4 is 11.1 Å². The van der Waals surface area contributed by atoms with Crippen LogP contribution in [-0.2, 0) is 0 Å². The maximum absolute atomic E-state index is 13.2. The minimum absolute atomic E-state index is 0.0628. The Morgan fingerprint density at radius 1 is 1.35 bits per heavy atom. The van der Waals surface area contributed by atoms with Crippen LogP contribution in [0.25, 0.3) is 0 Å². The fraction of sp³-hybridized carbons (Fsp3) is 0.538. The molecule has 0 amide bonds. The fourth-order valence-corrected chi connectivity index (χ4v) is 1.79. The Labute approximate surface area is 107 Å². The molecule has 0 saturated heterocycles. The van der Waals surface area contributed by atoms with Gasteiger partial charge in [0.05, 0.1) is 16.4 Å². The molecule has 1 aromatic rings. The van der Waals surface area contributed by atoms with Gasteiger partial charge in [-0.2, -0.15) is 0 Å². The maximum Gasteiger partial charge on any atom is 0.143 e. The van der Waals surface area contributed by atoms with Crippen molar-refractivity contribution < 1.29 is 4.39 Å². The topological polar surface area (TPSA) is 38.0 Å². The first-order valence-corrected chi connectivity index (χ1v) is 6.37. The quantitative estimate of drug-likeness (QED) is 0.590. The van der Waals surface area contributed by atoms with Gasteiger partial charge in [-0.15, -0.1) is 0 Å². The second-order valence-electron chi connectivity index (χ2n) is 4.67. The van der Waals surface area contributed by atoms with Crippen LogP contribution in [0.15, 0.2) is 12.1 Å². The van der Waals surface area contributed by atoms with E-state index in [0.29, 0.717) is 11.4 Å². The summed E-state index contributed by atoms with van der Waals surface area (Å²) in [6.07, 6.45) is 3.44. The molecule has 0 aliphatic heterocycles. The zero-order valence-electron chi connectivity index (χ0n) is 10.4. The summed E-state index contributed by atoms with van der Waals surface area (Å²) in [5.74, 6) is 0.290. The predicted molar refractivity (Wildman–Crippen MR) is 73.0 cm³/mol. The number of halogens is 2. The minimum atomic E-state index is -0.439. The SMILES string of the molecule is CC(C)CCCCNc1cc(F)c(Cl)cc1N. The van der Waals surface area contributed by atoms with Crippen molar-refractivity contribution in [1.29, 1.82) is 0 Å². The molecule has 0 spiro atoms. The van der Waals surface area contributed by atoms with Crippen molar-refractivity contribution in [1.82, 2.24) is 0 Å². The number of nitrogens with one attached hydrogen (secondary N) is 1. The Bertz CT molecular complexity index is 367. The van der Waals surface area contributed by atoms with E-state index in [1.165, 1.54) is 25.0 Å². The van der Waals surface area contributed by atoms with Crippen molar-refractivity contribution in [2.24, 2.45) is 5.92 Å². The van der Waals surface area contributed by atoms with Crippen LogP contribution in [-0.4, -0.2) is 6.54 Å². The van der Waals surface area contributed by atoms with Crippen LogP contribution in [0.5, 0.6) is 0 Å². The first-order valence-electron chi connectivity index (χ1n) is 5.99. The van der Waals surface area contributed by atoms with Gasteiger partial charge in [0.15, 0.2) is 0 Å². The largest absolute Gasteiger partial charge is 0.397 e. The third-order valence-corrected chi connectivity index (χ3v) is 2.91. The number of nitrogen functional groups attached to an aromatic ring is 1. The summed E-state index contributed by atoms with van der Waals surface area (Å²) in [4.78, 5) is 0. The second kappa shape index (κ2) is 6.70. The van der Waals surface area contributed by atoms with Crippen molar-refractivity contribution in [3.8, 4) is 0 Å². The molecule has 17 heavy (non-hydrogen) atoms. The lowest BCUT2D eigenvalue weighted by atomic mass is 10.1. The maximum atomic E-state index is 13.2. The van der Waals surface area contributed by atoms with E-state index in [2.05, 4.69) is 19.2 Å². The van der Waals surface area contributed by atoms with E-state index in [0.717, 1.165) is 18.9 Å². The van der Waals surface area contributed by atoms with Crippen LogP contribution in [0.3, 0.4) is 0 Å². The average molecular weight is 259 g/mol. The van der Waals surface area contributed by atoms with Crippen molar-refractivity contribution >= 4 is 23.0 Å². The molecule has 3 N–H and O–H groups in total. The molecule has 0 heterocycles. The number of hydrogen-bond acceptors (Lipinski definition) is 2. The Balaban J connectivity index is 2.39. The lowest BCUT2D eigenvalue weighted by Gasteiger charge is -2.10. The van der Waals surface area contributed by atoms with E-state index in [4.69, 9.17) is 17.3 Å². The highest BCUT2D eigenvalue weighted by Crippen LogP contribution is 2.26. The Morgan fingerprint density at radius 3 is 2.71 bits per heavy atom. The normalized spacial score (nSPS) is 10.9. The molecule has 0 radical (unpaired) electrons. The van der Waals surface area contributed by atoms with E-state index >= 15 is 0 Å². The Morgan fingerprint density at radius 2 is 2.06 bits per heavy atom. The summed E-state index contributed by atoms with van der Waals surface area (Å²) < 4.78 is 13.2. The van der Waals surface area contributed by atoms with Gasteiger partial charge < -0.3 is 11.1 Å². The van der Waals surface area contributed by atoms with Gasteiger partial charge in [-0.25, -0.2) is 4.39 Å². The fourth-order valence-electron chi connectivity index (χ4n) is 1.62. The van der Waals surface area contributed by atoms with Gasteiger partial charge in [0.1, 0.15) is 5.82 Å². The second-order valence-corrected chi connectivity index (χ2v) is 5.08. The summed E-state index contributed by atoms with van der Waals surface area (Å²) in [7, 11) is 0. The first-order chi connectivity index (χ1) is 8.00. The molecule has 0 fully saturated rings. The number of nitrogens with two attached hydrogens (primary N) is 1. The summed E-state index contributed by atoms with van der Waals surface area (Å²) in [6, 6.07) is 2.79.